The molecule has 0 atom stereocenters. The molecule has 0 aliphatic heterocycles. The number of hydrogen-bond acceptors (Lipinski definition) is 2. The van der Waals surface area contributed by atoms with Crippen molar-refractivity contribution in [1.29, 1.82) is 0 Å². The zero-order valence-electron chi connectivity index (χ0n) is 10.9. The molecule has 0 fully saturated rings. The van der Waals surface area contributed by atoms with Crippen molar-refractivity contribution in [2.45, 2.75) is 26.5 Å². The zero-order chi connectivity index (χ0) is 12.4. The number of aromatic nitrogens is 1. The maximum Gasteiger partial charge on any atom is 0.121 e. The molecule has 0 saturated carbocycles. The molecule has 2 rings (SSSR count). The van der Waals surface area contributed by atoms with Gasteiger partial charge in [-0.05, 0) is 31.5 Å². The van der Waals surface area contributed by atoms with Gasteiger partial charge in [-0.25, -0.2) is 0 Å². The van der Waals surface area contributed by atoms with E-state index in [4.69, 9.17) is 9.47 Å². The first-order chi connectivity index (χ1) is 8.17. The molecule has 0 radical (unpaired) electrons. The lowest BCUT2D eigenvalue weighted by Crippen LogP contribution is -1.99. The van der Waals surface area contributed by atoms with Crippen LogP contribution < -0.4 is 4.74 Å². The lowest BCUT2D eigenvalue weighted by Gasteiger charge is -2.12. The van der Waals surface area contributed by atoms with Crippen LogP contribution in [0.2, 0.25) is 0 Å². The fourth-order valence-electron chi connectivity index (χ4n) is 2.15. The summed E-state index contributed by atoms with van der Waals surface area (Å²) in [7, 11) is 3.41. The van der Waals surface area contributed by atoms with Crippen LogP contribution in [0.4, 0.5) is 0 Å². The minimum absolute atomic E-state index is 0.440. The van der Waals surface area contributed by atoms with Crippen molar-refractivity contribution >= 4 is 10.9 Å². The summed E-state index contributed by atoms with van der Waals surface area (Å²) >= 11 is 0. The van der Waals surface area contributed by atoms with Crippen LogP contribution in [0.1, 0.15) is 25.5 Å². The monoisotopic (exact) mass is 233 g/mol. The Bertz CT molecular complexity index is 514. The van der Waals surface area contributed by atoms with Gasteiger partial charge in [-0.1, -0.05) is 0 Å². The Balaban J connectivity index is 2.65. The minimum atomic E-state index is 0.440. The van der Waals surface area contributed by atoms with Crippen molar-refractivity contribution in [2.75, 3.05) is 14.2 Å². The van der Waals surface area contributed by atoms with Crippen LogP contribution in [0.3, 0.4) is 0 Å². The third kappa shape index (κ3) is 2.15. The predicted molar refractivity (Wildman–Crippen MR) is 69.6 cm³/mol. The topological polar surface area (TPSA) is 23.4 Å². The lowest BCUT2D eigenvalue weighted by atomic mass is 10.1. The number of methoxy groups -OCH3 is 2. The van der Waals surface area contributed by atoms with Crippen LogP contribution in [-0.4, -0.2) is 18.8 Å². The van der Waals surface area contributed by atoms with E-state index in [1.807, 2.05) is 6.07 Å². The van der Waals surface area contributed by atoms with Crippen LogP contribution in [0.25, 0.3) is 10.9 Å². The summed E-state index contributed by atoms with van der Waals surface area (Å²) < 4.78 is 12.8. The summed E-state index contributed by atoms with van der Waals surface area (Å²) in [5, 5.41) is 1.24. The van der Waals surface area contributed by atoms with Gasteiger partial charge < -0.3 is 14.0 Å². The second kappa shape index (κ2) is 4.80. The summed E-state index contributed by atoms with van der Waals surface area (Å²) in [6.45, 7) is 4.96. The fourth-order valence-corrected chi connectivity index (χ4v) is 2.15. The predicted octanol–water partition coefficient (Wildman–Crippen LogP) is 3.38. The Morgan fingerprint density at radius 3 is 2.59 bits per heavy atom. The van der Waals surface area contributed by atoms with E-state index in [-0.39, 0.29) is 0 Å². The van der Waals surface area contributed by atoms with E-state index in [0.717, 1.165) is 5.75 Å². The number of nitrogens with zero attached hydrogens (tertiary/aromatic N) is 1. The van der Waals surface area contributed by atoms with E-state index in [9.17, 15) is 0 Å². The van der Waals surface area contributed by atoms with Gasteiger partial charge in [0.25, 0.3) is 0 Å². The normalized spacial score (nSPS) is 11.4. The lowest BCUT2D eigenvalue weighted by molar-refractivity contribution is 0.185. The highest BCUT2D eigenvalue weighted by molar-refractivity contribution is 5.85. The Labute approximate surface area is 102 Å². The van der Waals surface area contributed by atoms with Gasteiger partial charge in [0.2, 0.25) is 0 Å². The molecule has 3 nitrogen and oxygen atoms in total. The van der Waals surface area contributed by atoms with E-state index in [0.29, 0.717) is 12.6 Å². The van der Waals surface area contributed by atoms with Crippen LogP contribution in [0.15, 0.2) is 24.4 Å². The number of benzene rings is 1. The maximum atomic E-state index is 5.34. The Hall–Kier alpha value is -1.48. The summed E-state index contributed by atoms with van der Waals surface area (Å²) in [5.41, 5.74) is 2.37. The van der Waals surface area contributed by atoms with Crippen LogP contribution >= 0.6 is 0 Å². The van der Waals surface area contributed by atoms with Crippen LogP contribution in [0.5, 0.6) is 5.75 Å². The minimum Gasteiger partial charge on any atom is -0.497 e. The molecule has 1 heterocycles. The van der Waals surface area contributed by atoms with Gasteiger partial charge in [0, 0.05) is 30.8 Å². The van der Waals surface area contributed by atoms with Crippen molar-refractivity contribution in [3.05, 3.63) is 30.0 Å². The summed E-state index contributed by atoms with van der Waals surface area (Å²) in [6.07, 6.45) is 2.12. The molecule has 1 aromatic carbocycles. The molecule has 0 spiro atoms. The van der Waals surface area contributed by atoms with E-state index >= 15 is 0 Å². The molecule has 3 heteroatoms. The molecule has 0 unspecified atom stereocenters. The van der Waals surface area contributed by atoms with Crippen molar-refractivity contribution < 1.29 is 9.47 Å². The standard InChI is InChI=1S/C14H19NO2/c1-10(2)15-6-5-13-11(9-16-3)7-12(17-4)8-14(13)15/h5-8,10H,9H2,1-4H3. The van der Waals surface area contributed by atoms with Gasteiger partial charge in [-0.3, -0.25) is 0 Å². The summed E-state index contributed by atoms with van der Waals surface area (Å²) in [6, 6.07) is 6.70. The highest BCUT2D eigenvalue weighted by Crippen LogP contribution is 2.28. The highest BCUT2D eigenvalue weighted by Gasteiger charge is 2.10. The molecule has 1 aromatic heterocycles. The first-order valence-electron chi connectivity index (χ1n) is 5.83. The van der Waals surface area contributed by atoms with E-state index < -0.39 is 0 Å². The molecule has 2 aromatic rings. The highest BCUT2D eigenvalue weighted by atomic mass is 16.5. The molecule has 0 aliphatic carbocycles. The van der Waals surface area contributed by atoms with Gasteiger partial charge in [0.1, 0.15) is 5.75 Å². The van der Waals surface area contributed by atoms with Gasteiger partial charge in [-0.2, -0.15) is 0 Å². The van der Waals surface area contributed by atoms with Crippen LogP contribution in [0, 0.1) is 0 Å². The van der Waals surface area contributed by atoms with Crippen LogP contribution in [-0.2, 0) is 11.3 Å². The van der Waals surface area contributed by atoms with Crippen molar-refractivity contribution in [3.63, 3.8) is 0 Å². The maximum absolute atomic E-state index is 5.34. The third-order valence-electron chi connectivity index (χ3n) is 2.99. The molecule has 0 amide bonds. The third-order valence-corrected chi connectivity index (χ3v) is 2.99. The Morgan fingerprint density at radius 1 is 1.24 bits per heavy atom. The van der Waals surface area contributed by atoms with E-state index in [1.54, 1.807) is 14.2 Å². The molecular formula is C14H19NO2. The molecule has 0 N–H and O–H groups in total. The smallest absolute Gasteiger partial charge is 0.121 e. The van der Waals surface area contributed by atoms with Gasteiger partial charge >= 0.3 is 0 Å². The van der Waals surface area contributed by atoms with Gasteiger partial charge in [-0.15, -0.1) is 0 Å². The largest absolute Gasteiger partial charge is 0.497 e. The average Bonchev–Trinajstić information content (AvgIpc) is 2.73. The van der Waals surface area contributed by atoms with Crippen molar-refractivity contribution in [3.8, 4) is 5.75 Å². The molecule has 0 bridgehead atoms. The van der Waals surface area contributed by atoms with E-state index in [1.165, 1.54) is 16.5 Å². The number of ether oxygens (including phenoxy) is 2. The second-order valence-electron chi connectivity index (χ2n) is 4.47. The first-order valence-corrected chi connectivity index (χ1v) is 5.83. The fraction of sp³-hybridized carbons (Fsp3) is 0.429. The molecule has 17 heavy (non-hydrogen) atoms. The second-order valence-corrected chi connectivity index (χ2v) is 4.47. The first kappa shape index (κ1) is 12.0. The Kier molecular flexibility index (Phi) is 3.38. The molecule has 92 valence electrons. The van der Waals surface area contributed by atoms with Crippen molar-refractivity contribution in [2.24, 2.45) is 0 Å². The van der Waals surface area contributed by atoms with Gasteiger partial charge in [0.05, 0.1) is 19.2 Å². The molecule has 0 saturated heterocycles. The number of rotatable bonds is 4. The molecular weight excluding hydrogens is 214 g/mol. The average molecular weight is 233 g/mol. The summed E-state index contributed by atoms with van der Waals surface area (Å²) in [5.74, 6) is 0.880. The zero-order valence-corrected chi connectivity index (χ0v) is 10.9. The SMILES string of the molecule is COCc1cc(OC)cc2c1ccn2C(C)C. The quantitative estimate of drug-likeness (QED) is 0.808. The number of hydrogen-bond donors (Lipinski definition) is 0. The van der Waals surface area contributed by atoms with Gasteiger partial charge in [0.15, 0.2) is 0 Å². The summed E-state index contributed by atoms with van der Waals surface area (Å²) in [4.78, 5) is 0. The number of fused-ring (bicyclic) bond motifs is 1. The molecule has 0 aliphatic rings. The van der Waals surface area contributed by atoms with Crippen molar-refractivity contribution in [1.82, 2.24) is 4.57 Å². The Morgan fingerprint density at radius 2 is 2.00 bits per heavy atom. The van der Waals surface area contributed by atoms with E-state index in [2.05, 4.69) is 36.7 Å².